The third kappa shape index (κ3) is 10.9. The summed E-state index contributed by atoms with van der Waals surface area (Å²) in [6.45, 7) is 0.919. The van der Waals surface area contributed by atoms with Gasteiger partial charge in [-0.15, -0.1) is 5.10 Å². The van der Waals surface area contributed by atoms with Gasteiger partial charge in [0.2, 0.25) is 5.88 Å². The van der Waals surface area contributed by atoms with Gasteiger partial charge in [0.25, 0.3) is 5.56 Å². The zero-order valence-electron chi connectivity index (χ0n) is 31.9. The number of fused-ring (bicyclic) bond motifs is 2. The van der Waals surface area contributed by atoms with E-state index in [0.29, 0.717) is 28.9 Å². The third-order valence-electron chi connectivity index (χ3n) is 8.96. The predicted molar refractivity (Wildman–Crippen MR) is 226 cm³/mol. The minimum atomic E-state index is -0.583. The Morgan fingerprint density at radius 3 is 1.61 bits per heavy atom. The van der Waals surface area contributed by atoms with E-state index in [1.165, 1.54) is 14.0 Å². The second kappa shape index (κ2) is 20.9. The first-order chi connectivity index (χ1) is 28.5. The first-order valence-corrected chi connectivity index (χ1v) is 18.7. The van der Waals surface area contributed by atoms with Crippen LogP contribution in [0.1, 0.15) is 22.3 Å². The van der Waals surface area contributed by atoms with E-state index < -0.39 is 12.2 Å². The standard InChI is InChI=1S/2C24H20N2O3.Pd/c27-24(29-18-20-12-5-2-6-13-20)26-22-16-8-7-15-21(22)23(25-26)28-17-9-14-19-10-3-1-4-11-19;27-23-21-15-7-8-16-22(21)26(24(28)29-18-20-12-5-2-6-13-20)25(23)17-9-14-19-10-3-1-4-11-19;/h2*1-16H,17-18H2;/b2*14-9+;. The van der Waals surface area contributed by atoms with E-state index >= 15 is 0 Å². The molecule has 0 aliphatic carbocycles. The molecule has 0 bridgehead atoms. The Morgan fingerprint density at radius 2 is 1.02 bits per heavy atom. The van der Waals surface area contributed by atoms with Crippen molar-refractivity contribution >= 4 is 46.1 Å². The minimum absolute atomic E-state index is 0. The van der Waals surface area contributed by atoms with Crippen LogP contribution in [0.4, 0.5) is 9.59 Å². The molecule has 6 aromatic carbocycles. The van der Waals surface area contributed by atoms with Crippen molar-refractivity contribution in [1.82, 2.24) is 19.1 Å². The maximum Gasteiger partial charge on any atom is 0.435 e. The fraction of sp³-hybridized carbons (Fsp3) is 0.0833. The molecule has 0 atom stereocenters. The van der Waals surface area contributed by atoms with Gasteiger partial charge in [0.15, 0.2) is 0 Å². The first-order valence-electron chi connectivity index (χ1n) is 18.7. The Morgan fingerprint density at radius 1 is 0.542 bits per heavy atom. The Balaban J connectivity index is 0.000000195. The topological polar surface area (TPSA) is 107 Å². The van der Waals surface area contributed by atoms with Crippen molar-refractivity contribution in [1.29, 1.82) is 0 Å². The molecule has 10 nitrogen and oxygen atoms in total. The summed E-state index contributed by atoms with van der Waals surface area (Å²) >= 11 is 0. The van der Waals surface area contributed by atoms with E-state index in [4.69, 9.17) is 14.2 Å². The first kappa shape index (κ1) is 41.6. The van der Waals surface area contributed by atoms with Crippen molar-refractivity contribution < 1.29 is 44.2 Å². The molecule has 0 unspecified atom stereocenters. The number of allylic oxidation sites excluding steroid dienone is 1. The van der Waals surface area contributed by atoms with Gasteiger partial charge in [-0.2, -0.15) is 9.36 Å². The summed E-state index contributed by atoms with van der Waals surface area (Å²) in [5.41, 5.74) is 4.87. The van der Waals surface area contributed by atoms with Gasteiger partial charge in [-0.3, -0.25) is 4.79 Å². The molecule has 0 amide bonds. The van der Waals surface area contributed by atoms with E-state index in [0.717, 1.165) is 27.6 Å². The molecule has 0 aliphatic heterocycles. The van der Waals surface area contributed by atoms with Crippen LogP contribution >= 0.6 is 0 Å². The van der Waals surface area contributed by atoms with Crippen LogP contribution in [-0.4, -0.2) is 37.9 Å². The van der Waals surface area contributed by atoms with Crippen molar-refractivity contribution in [2.45, 2.75) is 19.8 Å². The second-order valence-electron chi connectivity index (χ2n) is 13.0. The third-order valence-corrected chi connectivity index (χ3v) is 8.96. The molecule has 0 N–H and O–H groups in total. The molecule has 59 heavy (non-hydrogen) atoms. The summed E-state index contributed by atoms with van der Waals surface area (Å²) in [4.78, 5) is 38.3. The fourth-order valence-electron chi connectivity index (χ4n) is 6.13. The molecule has 2 aromatic heterocycles. The number of benzene rings is 6. The predicted octanol–water partition coefficient (Wildman–Crippen LogP) is 10.0. The maximum atomic E-state index is 12.9. The van der Waals surface area contributed by atoms with E-state index in [2.05, 4.69) is 5.10 Å². The van der Waals surface area contributed by atoms with Crippen LogP contribution in [0.3, 0.4) is 0 Å². The molecule has 8 aromatic rings. The van der Waals surface area contributed by atoms with Gasteiger partial charge in [-0.1, -0.05) is 164 Å². The number of rotatable bonds is 11. The summed E-state index contributed by atoms with van der Waals surface area (Å²) in [5.74, 6) is 0.398. The molecule has 0 saturated carbocycles. The number of hydrogen-bond acceptors (Lipinski definition) is 7. The summed E-state index contributed by atoms with van der Waals surface area (Å²) in [7, 11) is 0. The Kier molecular flexibility index (Phi) is 14.7. The quantitative estimate of drug-likeness (QED) is 0.119. The average molecular weight is 875 g/mol. The monoisotopic (exact) mass is 874 g/mol. The van der Waals surface area contributed by atoms with Gasteiger partial charge in [-0.25, -0.2) is 14.3 Å². The van der Waals surface area contributed by atoms with Gasteiger partial charge < -0.3 is 14.2 Å². The molecule has 11 heteroatoms. The Hall–Kier alpha value is -7.06. The molecule has 8 rings (SSSR count). The molecular weight excluding hydrogens is 835 g/mol. The van der Waals surface area contributed by atoms with Crippen molar-refractivity contribution in [2.24, 2.45) is 0 Å². The largest absolute Gasteiger partial charge is 0.472 e. The molecule has 2 heterocycles. The zero-order chi connectivity index (χ0) is 39.9. The fourth-order valence-corrected chi connectivity index (χ4v) is 6.13. The van der Waals surface area contributed by atoms with Crippen LogP contribution in [0.25, 0.3) is 34.0 Å². The van der Waals surface area contributed by atoms with Crippen LogP contribution in [0.15, 0.2) is 187 Å². The van der Waals surface area contributed by atoms with Gasteiger partial charge in [-0.05, 0) is 52.6 Å². The number of aromatic nitrogens is 4. The van der Waals surface area contributed by atoms with E-state index in [9.17, 15) is 14.4 Å². The Labute approximate surface area is 354 Å². The number of para-hydroxylation sites is 2. The van der Waals surface area contributed by atoms with Crippen molar-refractivity contribution in [3.8, 4) is 5.88 Å². The smallest absolute Gasteiger partial charge is 0.435 e. The molecule has 0 saturated heterocycles. The summed E-state index contributed by atoms with van der Waals surface area (Å²) in [6.07, 6.45) is 6.55. The van der Waals surface area contributed by atoms with Gasteiger partial charge >= 0.3 is 12.2 Å². The number of carbonyl (C=O) groups is 2. The average Bonchev–Trinajstić information content (AvgIpc) is 3.79. The number of nitrogens with zero attached hydrogens (tertiary/aromatic N) is 4. The number of hydrogen-bond donors (Lipinski definition) is 0. The van der Waals surface area contributed by atoms with Crippen LogP contribution in [-0.2, 0) is 49.7 Å². The normalized spacial score (nSPS) is 10.9. The number of carbonyl (C=O) groups excluding carboxylic acids is 2. The van der Waals surface area contributed by atoms with Crippen LogP contribution in [0, 0.1) is 0 Å². The van der Waals surface area contributed by atoms with Crippen LogP contribution in [0.2, 0.25) is 0 Å². The van der Waals surface area contributed by atoms with Crippen molar-refractivity contribution in [3.63, 3.8) is 0 Å². The molecule has 0 fully saturated rings. The minimum Gasteiger partial charge on any atom is -0.472 e. The second-order valence-corrected chi connectivity index (χ2v) is 13.0. The van der Waals surface area contributed by atoms with Gasteiger partial charge in [0.1, 0.15) is 19.8 Å². The van der Waals surface area contributed by atoms with Crippen LogP contribution in [0.5, 0.6) is 5.88 Å². The van der Waals surface area contributed by atoms with E-state index in [1.54, 1.807) is 24.3 Å². The van der Waals surface area contributed by atoms with E-state index in [1.807, 2.05) is 170 Å². The van der Waals surface area contributed by atoms with Crippen LogP contribution < -0.4 is 10.3 Å². The van der Waals surface area contributed by atoms with Gasteiger partial charge in [0.05, 0.1) is 28.4 Å². The van der Waals surface area contributed by atoms with Crippen molar-refractivity contribution in [2.75, 3.05) is 6.61 Å². The summed E-state index contributed by atoms with van der Waals surface area (Å²) in [5, 5.41) is 5.58. The Bertz CT molecular complexity index is 2710. The molecule has 0 aliphatic rings. The SMILES string of the molecule is O=C(OCc1ccccc1)n1c2ccccc2c(=O)n1C/C=C/c1ccccc1.O=C(OCc1ccccc1)n1nc(OC/C=C/c2ccccc2)c2ccccc21.[Pd]. The zero-order valence-corrected chi connectivity index (χ0v) is 33.4. The molecular formula is C48H40N4O6Pd. The molecule has 298 valence electrons. The number of ether oxygens (including phenoxy) is 3. The molecule has 0 radical (unpaired) electrons. The summed E-state index contributed by atoms with van der Waals surface area (Å²) in [6, 6.07) is 53.2. The molecule has 0 spiro atoms. The van der Waals surface area contributed by atoms with E-state index in [-0.39, 0.29) is 45.7 Å². The maximum absolute atomic E-state index is 12.9. The van der Waals surface area contributed by atoms with Crippen molar-refractivity contribution in [3.05, 3.63) is 215 Å². The summed E-state index contributed by atoms with van der Waals surface area (Å²) < 4.78 is 20.7. The van der Waals surface area contributed by atoms with Gasteiger partial charge in [0, 0.05) is 20.4 Å².